The van der Waals surface area contributed by atoms with E-state index in [2.05, 4.69) is 22.5 Å². The molecule has 4 nitrogen and oxygen atoms in total. The van der Waals surface area contributed by atoms with Crippen molar-refractivity contribution in [2.75, 3.05) is 26.8 Å². The number of guanidine groups is 1. The van der Waals surface area contributed by atoms with E-state index >= 15 is 0 Å². The summed E-state index contributed by atoms with van der Waals surface area (Å²) >= 11 is 0. The third-order valence-electron chi connectivity index (χ3n) is 4.56. The van der Waals surface area contributed by atoms with E-state index in [4.69, 9.17) is 4.74 Å². The Morgan fingerprint density at radius 3 is 2.50 bits per heavy atom. The maximum atomic E-state index is 12.9. The van der Waals surface area contributed by atoms with E-state index in [9.17, 15) is 4.39 Å². The van der Waals surface area contributed by atoms with Gasteiger partial charge in [-0.25, -0.2) is 9.38 Å². The van der Waals surface area contributed by atoms with E-state index in [0.29, 0.717) is 12.0 Å². The minimum atomic E-state index is -0.215. The van der Waals surface area contributed by atoms with Crippen LogP contribution in [0.5, 0.6) is 0 Å². The lowest BCUT2D eigenvalue weighted by molar-refractivity contribution is 0.0732. The molecule has 0 aromatic heterocycles. The maximum Gasteiger partial charge on any atom is 0.191 e. The molecule has 24 heavy (non-hydrogen) atoms. The van der Waals surface area contributed by atoms with Crippen LogP contribution in [0, 0.1) is 11.2 Å². The molecule has 0 saturated heterocycles. The van der Waals surface area contributed by atoms with Crippen LogP contribution < -0.4 is 10.6 Å². The molecule has 0 amide bonds. The van der Waals surface area contributed by atoms with Crippen LogP contribution >= 0.6 is 24.0 Å². The molecule has 6 heteroatoms. The van der Waals surface area contributed by atoms with Gasteiger partial charge in [-0.15, -0.1) is 24.0 Å². The molecule has 0 spiro atoms. The van der Waals surface area contributed by atoms with Crippen molar-refractivity contribution in [2.24, 2.45) is 10.4 Å². The number of ether oxygens (including phenoxy) is 1. The topological polar surface area (TPSA) is 45.7 Å². The fourth-order valence-electron chi connectivity index (χ4n) is 2.88. The number of nitrogens with one attached hydrogen (secondary N) is 2. The van der Waals surface area contributed by atoms with Crippen molar-refractivity contribution in [1.82, 2.24) is 10.6 Å². The largest absolute Gasteiger partial charge is 0.385 e. The predicted octanol–water partition coefficient (Wildman–Crippen LogP) is 3.71. The van der Waals surface area contributed by atoms with Crippen molar-refractivity contribution in [3.63, 3.8) is 0 Å². The Labute approximate surface area is 161 Å². The molecule has 0 unspecified atom stereocenters. The molecule has 1 saturated carbocycles. The minimum absolute atomic E-state index is 0. The number of benzene rings is 1. The molecule has 1 aliphatic carbocycles. The molecular weight excluding hydrogens is 420 g/mol. The number of methoxy groups -OCH3 is 1. The van der Waals surface area contributed by atoms with Crippen LogP contribution in [0.2, 0.25) is 0 Å². The van der Waals surface area contributed by atoms with Crippen molar-refractivity contribution in [3.8, 4) is 0 Å². The van der Waals surface area contributed by atoms with Crippen molar-refractivity contribution < 1.29 is 9.13 Å². The van der Waals surface area contributed by atoms with Crippen LogP contribution in [0.25, 0.3) is 0 Å². The fraction of sp³-hybridized carbons (Fsp3) is 0.611. The molecule has 2 rings (SSSR count). The molecule has 0 radical (unpaired) electrons. The Balaban J connectivity index is 0.00000288. The van der Waals surface area contributed by atoms with Gasteiger partial charge in [0.2, 0.25) is 0 Å². The summed E-state index contributed by atoms with van der Waals surface area (Å²) in [6.45, 7) is 5.15. The van der Waals surface area contributed by atoms with Gasteiger partial charge in [0.15, 0.2) is 5.96 Å². The number of hydrogen-bond acceptors (Lipinski definition) is 2. The van der Waals surface area contributed by atoms with Gasteiger partial charge >= 0.3 is 0 Å². The summed E-state index contributed by atoms with van der Waals surface area (Å²) in [5.74, 6) is 0.605. The molecule has 1 aromatic rings. The lowest BCUT2D eigenvalue weighted by Crippen LogP contribution is -2.46. The Morgan fingerprint density at radius 2 is 1.96 bits per heavy atom. The summed E-state index contributed by atoms with van der Waals surface area (Å²) in [5.41, 5.74) is 1.35. The van der Waals surface area contributed by atoms with E-state index in [-0.39, 0.29) is 29.8 Å². The van der Waals surface area contributed by atoms with Crippen LogP contribution in [0.3, 0.4) is 0 Å². The van der Waals surface area contributed by atoms with Crippen LogP contribution in [-0.4, -0.2) is 32.8 Å². The summed E-state index contributed by atoms with van der Waals surface area (Å²) < 4.78 is 18.2. The molecular formula is C18H29FIN3O. The Kier molecular flexibility index (Phi) is 9.58. The van der Waals surface area contributed by atoms with Crippen molar-refractivity contribution in [2.45, 2.75) is 39.2 Å². The molecule has 1 aliphatic rings. The SMILES string of the molecule is CCNC(=NCc1ccc(F)cc1)NCC1(CCOC)CCC1.I. The standard InChI is InChI=1S/C18H28FN3O.HI/c1-3-20-17(21-13-15-5-7-16(19)8-6-15)22-14-18(9-4-10-18)11-12-23-2;/h5-8H,3-4,9-14H2,1-2H3,(H2,20,21,22);1H. The number of rotatable bonds is 8. The first-order valence-corrected chi connectivity index (χ1v) is 8.43. The Hall–Kier alpha value is -0.890. The number of nitrogens with zero attached hydrogens (tertiary/aromatic N) is 1. The molecule has 136 valence electrons. The van der Waals surface area contributed by atoms with Gasteiger partial charge in [0.05, 0.1) is 6.54 Å². The van der Waals surface area contributed by atoms with Gasteiger partial charge in [-0.1, -0.05) is 18.6 Å². The van der Waals surface area contributed by atoms with Crippen LogP contribution in [0.15, 0.2) is 29.3 Å². The number of halogens is 2. The molecule has 2 N–H and O–H groups in total. The van der Waals surface area contributed by atoms with E-state index in [0.717, 1.165) is 37.6 Å². The third-order valence-corrected chi connectivity index (χ3v) is 4.56. The number of hydrogen-bond donors (Lipinski definition) is 2. The van der Waals surface area contributed by atoms with Gasteiger partial charge in [0.25, 0.3) is 0 Å². The summed E-state index contributed by atoms with van der Waals surface area (Å²) in [7, 11) is 1.76. The van der Waals surface area contributed by atoms with Gasteiger partial charge in [0, 0.05) is 26.8 Å². The summed E-state index contributed by atoms with van der Waals surface area (Å²) in [6.07, 6.45) is 4.89. The first-order chi connectivity index (χ1) is 11.2. The van der Waals surface area contributed by atoms with Crippen molar-refractivity contribution in [1.29, 1.82) is 0 Å². The van der Waals surface area contributed by atoms with E-state index in [1.54, 1.807) is 19.2 Å². The minimum Gasteiger partial charge on any atom is -0.385 e. The highest BCUT2D eigenvalue weighted by atomic mass is 127. The third kappa shape index (κ3) is 6.55. The van der Waals surface area contributed by atoms with Gasteiger partial charge in [-0.2, -0.15) is 0 Å². The Morgan fingerprint density at radius 1 is 1.25 bits per heavy atom. The van der Waals surface area contributed by atoms with Gasteiger partial charge in [-0.3, -0.25) is 0 Å². The van der Waals surface area contributed by atoms with E-state index in [1.165, 1.54) is 31.4 Å². The zero-order valence-electron chi connectivity index (χ0n) is 14.6. The van der Waals surface area contributed by atoms with E-state index < -0.39 is 0 Å². The number of aliphatic imine (C=N–C) groups is 1. The van der Waals surface area contributed by atoms with Gasteiger partial charge in [0.1, 0.15) is 5.82 Å². The second-order valence-electron chi connectivity index (χ2n) is 6.27. The lowest BCUT2D eigenvalue weighted by atomic mass is 9.67. The monoisotopic (exact) mass is 449 g/mol. The normalized spacial score (nSPS) is 16.0. The average Bonchev–Trinajstić information content (AvgIpc) is 2.52. The van der Waals surface area contributed by atoms with Crippen molar-refractivity contribution >= 4 is 29.9 Å². The summed E-state index contributed by atoms with van der Waals surface area (Å²) in [5, 5.41) is 6.74. The highest BCUT2D eigenvalue weighted by Crippen LogP contribution is 2.43. The lowest BCUT2D eigenvalue weighted by Gasteiger charge is -2.42. The Bertz CT molecular complexity index is 503. The van der Waals surface area contributed by atoms with Crippen LogP contribution in [0.4, 0.5) is 4.39 Å². The first kappa shape index (κ1) is 21.2. The van der Waals surface area contributed by atoms with Gasteiger partial charge < -0.3 is 15.4 Å². The average molecular weight is 449 g/mol. The highest BCUT2D eigenvalue weighted by Gasteiger charge is 2.36. The zero-order valence-corrected chi connectivity index (χ0v) is 16.9. The summed E-state index contributed by atoms with van der Waals surface area (Å²) in [6, 6.07) is 6.49. The van der Waals surface area contributed by atoms with Crippen molar-refractivity contribution in [3.05, 3.63) is 35.6 Å². The smallest absolute Gasteiger partial charge is 0.191 e. The van der Waals surface area contributed by atoms with Gasteiger partial charge in [-0.05, 0) is 49.3 Å². The van der Waals surface area contributed by atoms with Crippen LogP contribution in [0.1, 0.15) is 38.2 Å². The second-order valence-corrected chi connectivity index (χ2v) is 6.27. The summed E-state index contributed by atoms with van der Waals surface area (Å²) in [4.78, 5) is 4.60. The quantitative estimate of drug-likeness (QED) is 0.362. The fourth-order valence-corrected chi connectivity index (χ4v) is 2.88. The molecule has 0 aliphatic heterocycles. The second kappa shape index (κ2) is 10.9. The zero-order chi connectivity index (χ0) is 16.5. The molecule has 0 bridgehead atoms. The molecule has 1 fully saturated rings. The maximum absolute atomic E-state index is 12.9. The molecule has 0 heterocycles. The molecule has 0 atom stereocenters. The van der Waals surface area contributed by atoms with E-state index in [1.807, 2.05) is 0 Å². The van der Waals surface area contributed by atoms with Crippen LogP contribution in [-0.2, 0) is 11.3 Å². The predicted molar refractivity (Wildman–Crippen MR) is 107 cm³/mol. The highest BCUT2D eigenvalue weighted by molar-refractivity contribution is 14.0. The molecule has 1 aromatic carbocycles. The first-order valence-electron chi connectivity index (χ1n) is 8.43.